The number of nitrogens with one attached hydrogen (secondary N) is 4. The van der Waals surface area contributed by atoms with Gasteiger partial charge < -0.3 is 26.8 Å². The number of rotatable bonds is 8. The van der Waals surface area contributed by atoms with Crippen LogP contribution < -0.4 is 21.7 Å². The van der Waals surface area contributed by atoms with Gasteiger partial charge in [0.05, 0.1) is 24.5 Å². The van der Waals surface area contributed by atoms with Crippen LogP contribution >= 0.6 is 0 Å². The molecule has 7 N–H and O–H groups in total. The molecule has 3 rings (SSSR count). The monoisotopic (exact) mass is 434 g/mol. The topological polar surface area (TPSA) is 170 Å². The molecule has 0 aliphatic carbocycles. The lowest BCUT2D eigenvalue weighted by molar-refractivity contribution is -0.137. The van der Waals surface area contributed by atoms with Crippen molar-refractivity contribution in [2.24, 2.45) is 5.73 Å². The first kappa shape index (κ1) is 22.2. The SMILES string of the molecule is N=C(N)Nc1cccc(C(=O)NCC(=O)NC(CC(=O)O)c2cnc3ccccc3c2)c1. The summed E-state index contributed by atoms with van der Waals surface area (Å²) in [7, 11) is 0. The minimum absolute atomic E-state index is 0.268. The molecule has 0 radical (unpaired) electrons. The number of guanidine groups is 1. The number of fused-ring (bicyclic) bond motifs is 1. The van der Waals surface area contributed by atoms with Gasteiger partial charge in [0.2, 0.25) is 5.91 Å². The molecule has 164 valence electrons. The number of carboxylic acids is 1. The van der Waals surface area contributed by atoms with Gasteiger partial charge in [-0.1, -0.05) is 24.3 Å². The quantitative estimate of drug-likeness (QED) is 0.231. The van der Waals surface area contributed by atoms with Crippen LogP contribution in [0.25, 0.3) is 10.9 Å². The largest absolute Gasteiger partial charge is 0.481 e. The van der Waals surface area contributed by atoms with E-state index in [0.717, 1.165) is 10.9 Å². The zero-order valence-corrected chi connectivity index (χ0v) is 17.0. The summed E-state index contributed by atoms with van der Waals surface area (Å²) in [6.45, 7) is -0.347. The molecule has 0 saturated carbocycles. The average molecular weight is 434 g/mol. The minimum Gasteiger partial charge on any atom is -0.481 e. The van der Waals surface area contributed by atoms with Crippen molar-refractivity contribution in [2.75, 3.05) is 11.9 Å². The normalized spacial score (nSPS) is 11.4. The van der Waals surface area contributed by atoms with Gasteiger partial charge in [0.25, 0.3) is 5.91 Å². The summed E-state index contributed by atoms with van der Waals surface area (Å²) in [5, 5.41) is 25.0. The molecular weight excluding hydrogens is 412 g/mol. The van der Waals surface area contributed by atoms with Gasteiger partial charge in [-0.2, -0.15) is 0 Å². The van der Waals surface area contributed by atoms with Gasteiger partial charge in [-0.15, -0.1) is 0 Å². The van der Waals surface area contributed by atoms with Crippen LogP contribution in [0.15, 0.2) is 60.8 Å². The predicted molar refractivity (Wildman–Crippen MR) is 119 cm³/mol. The molecular formula is C22H22N6O4. The Morgan fingerprint density at radius 2 is 1.88 bits per heavy atom. The first-order valence-corrected chi connectivity index (χ1v) is 9.67. The maximum atomic E-state index is 12.4. The zero-order valence-electron chi connectivity index (χ0n) is 17.0. The Hall–Kier alpha value is -4.47. The van der Waals surface area contributed by atoms with Crippen molar-refractivity contribution in [2.45, 2.75) is 12.5 Å². The number of nitrogens with two attached hydrogens (primary N) is 1. The highest BCUT2D eigenvalue weighted by Gasteiger charge is 2.19. The third-order valence-electron chi connectivity index (χ3n) is 4.54. The number of para-hydroxylation sites is 1. The van der Waals surface area contributed by atoms with Crippen LogP contribution in [0.1, 0.15) is 28.4 Å². The second-order valence-corrected chi connectivity index (χ2v) is 6.98. The first-order valence-electron chi connectivity index (χ1n) is 9.67. The predicted octanol–water partition coefficient (Wildman–Crippen LogP) is 1.60. The minimum atomic E-state index is -1.08. The van der Waals surface area contributed by atoms with E-state index < -0.39 is 23.8 Å². The number of aliphatic carboxylic acids is 1. The Morgan fingerprint density at radius 3 is 2.62 bits per heavy atom. The van der Waals surface area contributed by atoms with E-state index in [9.17, 15) is 19.5 Å². The Kier molecular flexibility index (Phi) is 6.96. The van der Waals surface area contributed by atoms with E-state index in [0.29, 0.717) is 11.3 Å². The summed E-state index contributed by atoms with van der Waals surface area (Å²) >= 11 is 0. The van der Waals surface area contributed by atoms with Crippen molar-refractivity contribution in [3.8, 4) is 0 Å². The molecule has 0 aliphatic heterocycles. The fourth-order valence-corrected chi connectivity index (χ4v) is 3.11. The molecule has 1 atom stereocenters. The molecule has 10 heteroatoms. The van der Waals surface area contributed by atoms with Gasteiger partial charge in [-0.05, 0) is 35.9 Å². The Labute approximate surface area is 183 Å². The summed E-state index contributed by atoms with van der Waals surface area (Å²) in [4.78, 5) is 40.4. The molecule has 32 heavy (non-hydrogen) atoms. The first-order chi connectivity index (χ1) is 15.3. The van der Waals surface area contributed by atoms with Crippen molar-refractivity contribution in [3.63, 3.8) is 0 Å². The Bertz CT molecular complexity index is 1180. The van der Waals surface area contributed by atoms with E-state index in [4.69, 9.17) is 11.1 Å². The fourth-order valence-electron chi connectivity index (χ4n) is 3.11. The molecule has 0 saturated heterocycles. The molecule has 2 aromatic carbocycles. The standard InChI is InChI=1S/C22H22N6O4/c23-22(24)27-16-6-3-5-14(9-16)21(32)26-12-19(29)28-18(10-20(30)31)15-8-13-4-1-2-7-17(13)25-11-15/h1-9,11,18H,10,12H2,(H,26,32)(H,28,29)(H,30,31)(H4,23,24,27). The molecule has 1 heterocycles. The van der Waals surface area contributed by atoms with Crippen molar-refractivity contribution >= 4 is 40.3 Å². The van der Waals surface area contributed by atoms with Crippen molar-refractivity contribution in [1.29, 1.82) is 5.41 Å². The smallest absolute Gasteiger partial charge is 0.305 e. The molecule has 0 spiro atoms. The molecule has 10 nitrogen and oxygen atoms in total. The Morgan fingerprint density at radius 1 is 1.09 bits per heavy atom. The van der Waals surface area contributed by atoms with Crippen LogP contribution in [0.3, 0.4) is 0 Å². The zero-order chi connectivity index (χ0) is 23.1. The van der Waals surface area contributed by atoms with Crippen LogP contribution in [-0.4, -0.2) is 40.4 Å². The molecule has 0 aliphatic rings. The second kappa shape index (κ2) is 10.0. The maximum Gasteiger partial charge on any atom is 0.305 e. The number of hydrogen-bond acceptors (Lipinski definition) is 5. The number of hydrogen-bond donors (Lipinski definition) is 6. The van der Waals surface area contributed by atoms with Gasteiger partial charge in [-0.25, -0.2) is 0 Å². The molecule has 3 aromatic rings. The third kappa shape index (κ3) is 6.02. The second-order valence-electron chi connectivity index (χ2n) is 6.98. The number of pyridine rings is 1. The number of nitrogens with zero attached hydrogens (tertiary/aromatic N) is 1. The number of amides is 2. The fraction of sp³-hybridized carbons (Fsp3) is 0.136. The lowest BCUT2D eigenvalue weighted by Gasteiger charge is -2.18. The number of aromatic nitrogens is 1. The molecule has 1 aromatic heterocycles. The van der Waals surface area contributed by atoms with Crippen LogP contribution in [0.5, 0.6) is 0 Å². The van der Waals surface area contributed by atoms with E-state index in [2.05, 4.69) is 20.9 Å². The molecule has 0 bridgehead atoms. The van der Waals surface area contributed by atoms with Crippen molar-refractivity contribution < 1.29 is 19.5 Å². The molecule has 2 amide bonds. The maximum absolute atomic E-state index is 12.4. The summed E-state index contributed by atoms with van der Waals surface area (Å²) < 4.78 is 0. The highest BCUT2D eigenvalue weighted by molar-refractivity contribution is 5.98. The highest BCUT2D eigenvalue weighted by Crippen LogP contribution is 2.21. The lowest BCUT2D eigenvalue weighted by atomic mass is 10.0. The number of anilines is 1. The van der Waals surface area contributed by atoms with Gasteiger partial charge in [-0.3, -0.25) is 24.8 Å². The van der Waals surface area contributed by atoms with Gasteiger partial charge >= 0.3 is 5.97 Å². The van der Waals surface area contributed by atoms with Crippen LogP contribution in [0.2, 0.25) is 0 Å². The summed E-state index contributed by atoms with van der Waals surface area (Å²) in [5.74, 6) is -2.40. The summed E-state index contributed by atoms with van der Waals surface area (Å²) in [6.07, 6.45) is 1.20. The third-order valence-corrected chi connectivity index (χ3v) is 4.54. The number of benzene rings is 2. The number of carbonyl (C=O) groups is 3. The molecule has 1 unspecified atom stereocenters. The van der Waals surface area contributed by atoms with E-state index in [-0.39, 0.29) is 24.5 Å². The lowest BCUT2D eigenvalue weighted by Crippen LogP contribution is -2.39. The van der Waals surface area contributed by atoms with Crippen LogP contribution in [-0.2, 0) is 9.59 Å². The highest BCUT2D eigenvalue weighted by atomic mass is 16.4. The summed E-state index contributed by atoms with van der Waals surface area (Å²) in [6, 6.07) is 14.6. The van der Waals surface area contributed by atoms with Crippen molar-refractivity contribution in [1.82, 2.24) is 15.6 Å². The number of carboxylic acid groups (broad SMARTS) is 1. The van der Waals surface area contributed by atoms with E-state index >= 15 is 0 Å². The Balaban J connectivity index is 1.65. The van der Waals surface area contributed by atoms with E-state index in [1.165, 1.54) is 12.3 Å². The van der Waals surface area contributed by atoms with Gasteiger partial charge in [0.1, 0.15) is 0 Å². The van der Waals surface area contributed by atoms with Gasteiger partial charge in [0.15, 0.2) is 5.96 Å². The average Bonchev–Trinajstić information content (AvgIpc) is 2.76. The van der Waals surface area contributed by atoms with Crippen LogP contribution in [0.4, 0.5) is 5.69 Å². The van der Waals surface area contributed by atoms with E-state index in [1.54, 1.807) is 24.3 Å². The van der Waals surface area contributed by atoms with Crippen molar-refractivity contribution in [3.05, 3.63) is 71.9 Å². The van der Waals surface area contributed by atoms with Crippen LogP contribution in [0, 0.1) is 5.41 Å². The molecule has 0 fully saturated rings. The van der Waals surface area contributed by atoms with E-state index in [1.807, 2.05) is 24.3 Å². The summed E-state index contributed by atoms with van der Waals surface area (Å²) in [5.41, 5.74) is 7.31. The van der Waals surface area contributed by atoms with Gasteiger partial charge in [0, 0.05) is 22.8 Å². The number of carbonyl (C=O) groups excluding carboxylic acids is 2.